The first-order chi connectivity index (χ1) is 13.3. The minimum Gasteiger partial charge on any atom is -0.378 e. The first-order valence-electron chi connectivity index (χ1n) is 12.9. The second-order valence-corrected chi connectivity index (χ2v) is 9.81. The highest BCUT2D eigenvalue weighted by Crippen LogP contribution is 2.41. The Morgan fingerprint density at radius 2 is 1.07 bits per heavy atom. The average Bonchev–Trinajstić information content (AvgIpc) is 2.71. The van der Waals surface area contributed by atoms with Gasteiger partial charge >= 0.3 is 0 Å². The summed E-state index contributed by atoms with van der Waals surface area (Å²) in [6, 6.07) is 0. The van der Waals surface area contributed by atoms with Crippen LogP contribution in [-0.2, 0) is 4.74 Å². The molecule has 0 radical (unpaired) electrons. The minimum atomic E-state index is 0.589. The molecule has 160 valence electrons. The maximum atomic E-state index is 6.07. The van der Waals surface area contributed by atoms with Crippen LogP contribution in [0.1, 0.15) is 136 Å². The summed E-state index contributed by atoms with van der Waals surface area (Å²) < 4.78 is 6.07. The van der Waals surface area contributed by atoms with E-state index in [4.69, 9.17) is 4.74 Å². The van der Waals surface area contributed by atoms with Gasteiger partial charge < -0.3 is 4.74 Å². The van der Waals surface area contributed by atoms with E-state index in [2.05, 4.69) is 13.8 Å². The van der Waals surface area contributed by atoms with Crippen molar-refractivity contribution in [2.75, 3.05) is 6.61 Å². The molecule has 2 saturated carbocycles. The van der Waals surface area contributed by atoms with Crippen molar-refractivity contribution in [1.82, 2.24) is 0 Å². The van der Waals surface area contributed by atoms with Crippen LogP contribution in [0.15, 0.2) is 0 Å². The van der Waals surface area contributed by atoms with Crippen LogP contribution in [0.4, 0.5) is 0 Å². The molecule has 1 nitrogen and oxygen atoms in total. The highest BCUT2D eigenvalue weighted by atomic mass is 16.5. The Labute approximate surface area is 171 Å². The molecule has 2 fully saturated rings. The van der Waals surface area contributed by atoms with Crippen LogP contribution < -0.4 is 0 Å². The average molecular weight is 379 g/mol. The van der Waals surface area contributed by atoms with Gasteiger partial charge in [-0.1, -0.05) is 90.9 Å². The fraction of sp³-hybridized carbons (Fsp3) is 1.00. The summed E-state index contributed by atoms with van der Waals surface area (Å²) in [7, 11) is 0. The summed E-state index contributed by atoms with van der Waals surface area (Å²) in [6.45, 7) is 5.56. The molecule has 2 aliphatic rings. The Hall–Kier alpha value is -0.0400. The predicted octanol–water partition coefficient (Wildman–Crippen LogP) is 8.70. The molecule has 0 heterocycles. The zero-order valence-corrected chi connectivity index (χ0v) is 18.9. The molecule has 0 unspecified atom stereocenters. The van der Waals surface area contributed by atoms with Crippen molar-refractivity contribution in [1.29, 1.82) is 0 Å². The van der Waals surface area contributed by atoms with Crippen molar-refractivity contribution in [3.8, 4) is 0 Å². The van der Waals surface area contributed by atoms with Gasteiger partial charge in [0.15, 0.2) is 0 Å². The molecule has 0 aliphatic heterocycles. The van der Waals surface area contributed by atoms with E-state index in [-0.39, 0.29) is 0 Å². The van der Waals surface area contributed by atoms with E-state index < -0.39 is 0 Å². The second-order valence-electron chi connectivity index (χ2n) is 9.81. The molecular formula is C26H50O. The van der Waals surface area contributed by atoms with Gasteiger partial charge in [0.05, 0.1) is 6.10 Å². The van der Waals surface area contributed by atoms with Gasteiger partial charge in [0.25, 0.3) is 0 Å². The maximum absolute atomic E-state index is 6.07. The summed E-state index contributed by atoms with van der Waals surface area (Å²) in [5.41, 5.74) is 0. The summed E-state index contributed by atoms with van der Waals surface area (Å²) in [5.74, 6) is 3.14. The topological polar surface area (TPSA) is 9.23 Å². The van der Waals surface area contributed by atoms with Crippen molar-refractivity contribution in [2.45, 2.75) is 142 Å². The van der Waals surface area contributed by atoms with Crippen LogP contribution in [0.2, 0.25) is 0 Å². The van der Waals surface area contributed by atoms with Crippen LogP contribution in [0.3, 0.4) is 0 Å². The highest BCUT2D eigenvalue weighted by molar-refractivity contribution is 4.82. The third-order valence-electron chi connectivity index (χ3n) is 7.59. The van der Waals surface area contributed by atoms with Gasteiger partial charge in [0, 0.05) is 6.61 Å². The number of hydrogen-bond acceptors (Lipinski definition) is 1. The lowest BCUT2D eigenvalue weighted by atomic mass is 9.70. The molecule has 0 spiro atoms. The van der Waals surface area contributed by atoms with E-state index in [0.717, 1.165) is 24.4 Å². The SMILES string of the molecule is CCCCCCCCCCC1CCC(C2CCC(OCCCC)CC2)CC1. The van der Waals surface area contributed by atoms with Gasteiger partial charge in [-0.15, -0.1) is 0 Å². The zero-order chi connectivity index (χ0) is 19.2. The Kier molecular flexibility index (Phi) is 12.8. The summed E-state index contributed by atoms with van der Waals surface area (Å²) in [4.78, 5) is 0. The van der Waals surface area contributed by atoms with Gasteiger partial charge in [-0.2, -0.15) is 0 Å². The first-order valence-corrected chi connectivity index (χ1v) is 12.9. The molecule has 0 aromatic heterocycles. The van der Waals surface area contributed by atoms with Crippen molar-refractivity contribution in [3.63, 3.8) is 0 Å². The van der Waals surface area contributed by atoms with Crippen molar-refractivity contribution >= 4 is 0 Å². The molecule has 2 aliphatic carbocycles. The van der Waals surface area contributed by atoms with Crippen LogP contribution in [-0.4, -0.2) is 12.7 Å². The second kappa shape index (κ2) is 14.9. The molecule has 0 bridgehead atoms. The van der Waals surface area contributed by atoms with E-state index >= 15 is 0 Å². The molecule has 1 heteroatoms. The Balaban J connectivity index is 1.46. The van der Waals surface area contributed by atoms with E-state index in [0.29, 0.717) is 6.10 Å². The Morgan fingerprint density at radius 3 is 1.67 bits per heavy atom. The molecule has 27 heavy (non-hydrogen) atoms. The molecular weight excluding hydrogens is 328 g/mol. The molecule has 0 N–H and O–H groups in total. The van der Waals surface area contributed by atoms with Crippen LogP contribution in [0.5, 0.6) is 0 Å². The van der Waals surface area contributed by atoms with Gasteiger partial charge in [-0.05, 0) is 62.7 Å². The number of rotatable bonds is 14. The highest BCUT2D eigenvalue weighted by Gasteiger charge is 2.30. The zero-order valence-electron chi connectivity index (χ0n) is 18.9. The summed E-state index contributed by atoms with van der Waals surface area (Å²) in [5, 5.41) is 0. The summed E-state index contributed by atoms with van der Waals surface area (Å²) >= 11 is 0. The third kappa shape index (κ3) is 9.82. The minimum absolute atomic E-state index is 0.589. The largest absolute Gasteiger partial charge is 0.378 e. The lowest BCUT2D eigenvalue weighted by Gasteiger charge is -2.38. The fourth-order valence-electron chi connectivity index (χ4n) is 5.64. The van der Waals surface area contributed by atoms with Gasteiger partial charge in [-0.3, -0.25) is 0 Å². The number of unbranched alkanes of at least 4 members (excludes halogenated alkanes) is 8. The normalized spacial score (nSPS) is 29.1. The van der Waals surface area contributed by atoms with Crippen molar-refractivity contribution in [2.24, 2.45) is 17.8 Å². The maximum Gasteiger partial charge on any atom is 0.0575 e. The van der Waals surface area contributed by atoms with Crippen LogP contribution in [0.25, 0.3) is 0 Å². The Morgan fingerprint density at radius 1 is 0.556 bits per heavy atom. The van der Waals surface area contributed by atoms with E-state index in [1.807, 2.05) is 0 Å². The van der Waals surface area contributed by atoms with Gasteiger partial charge in [-0.25, -0.2) is 0 Å². The molecule has 2 rings (SSSR count). The van der Waals surface area contributed by atoms with Crippen molar-refractivity contribution in [3.05, 3.63) is 0 Å². The Bertz CT molecular complexity index is 323. The van der Waals surface area contributed by atoms with Gasteiger partial charge in [0.2, 0.25) is 0 Å². The molecule has 0 aromatic carbocycles. The molecule has 0 aromatic rings. The smallest absolute Gasteiger partial charge is 0.0575 e. The van der Waals surface area contributed by atoms with Crippen molar-refractivity contribution < 1.29 is 4.74 Å². The van der Waals surface area contributed by atoms with E-state index in [9.17, 15) is 0 Å². The van der Waals surface area contributed by atoms with Gasteiger partial charge in [0.1, 0.15) is 0 Å². The fourth-order valence-corrected chi connectivity index (χ4v) is 5.64. The quantitative estimate of drug-likeness (QED) is 0.275. The standard InChI is InChI=1S/C26H50O/c1-3-5-7-8-9-10-11-12-13-23-14-16-24(17-15-23)25-18-20-26(21-19-25)27-22-6-4-2/h23-26H,3-22H2,1-2H3. The molecule has 0 amide bonds. The van der Waals surface area contributed by atoms with Crippen LogP contribution >= 0.6 is 0 Å². The lowest BCUT2D eigenvalue weighted by molar-refractivity contribution is 0.00576. The van der Waals surface area contributed by atoms with E-state index in [1.54, 1.807) is 0 Å². The molecule has 0 atom stereocenters. The predicted molar refractivity (Wildman–Crippen MR) is 119 cm³/mol. The molecule has 0 saturated heterocycles. The van der Waals surface area contributed by atoms with E-state index in [1.165, 1.54) is 122 Å². The monoisotopic (exact) mass is 378 g/mol. The van der Waals surface area contributed by atoms with Crippen LogP contribution in [0, 0.1) is 17.8 Å². The third-order valence-corrected chi connectivity index (χ3v) is 7.59. The first kappa shape index (κ1) is 23.2. The summed E-state index contributed by atoms with van der Waals surface area (Å²) in [6.07, 6.45) is 28.1. The number of hydrogen-bond donors (Lipinski definition) is 0. The lowest BCUT2D eigenvalue weighted by Crippen LogP contribution is -2.28. The number of ether oxygens (including phenoxy) is 1.